The summed E-state index contributed by atoms with van der Waals surface area (Å²) in [4.78, 5) is 9.82. The fourth-order valence-electron chi connectivity index (χ4n) is 7.95. The third-order valence-electron chi connectivity index (χ3n) is 11.5. The molecule has 57 heavy (non-hydrogen) atoms. The lowest BCUT2D eigenvalue weighted by Crippen LogP contribution is -2.25. The van der Waals surface area contributed by atoms with E-state index in [1.807, 2.05) is 6.20 Å². The minimum Gasteiger partial charge on any atom is -0.457 e. The van der Waals surface area contributed by atoms with Crippen LogP contribution in [-0.4, -0.2) is 16.2 Å². The second-order valence-electron chi connectivity index (χ2n) is 20.0. The minimum atomic E-state index is -0.106. The summed E-state index contributed by atoms with van der Waals surface area (Å²) in [6.07, 6.45) is 1.93. The summed E-state index contributed by atoms with van der Waals surface area (Å²) in [5.41, 5.74) is 12.0. The van der Waals surface area contributed by atoms with Crippen molar-refractivity contribution in [2.45, 2.75) is 105 Å². The van der Waals surface area contributed by atoms with Gasteiger partial charge in [-0.3, -0.25) is 4.57 Å². The van der Waals surface area contributed by atoms with Gasteiger partial charge in [0.05, 0.1) is 22.4 Å². The van der Waals surface area contributed by atoms with E-state index in [0.717, 1.165) is 34.0 Å². The molecular formula is C52H58N4O. The number of aromatic nitrogens is 2. The summed E-state index contributed by atoms with van der Waals surface area (Å²) >= 11 is 0. The van der Waals surface area contributed by atoms with Crippen molar-refractivity contribution in [3.05, 3.63) is 144 Å². The van der Waals surface area contributed by atoms with Crippen LogP contribution in [0.1, 0.15) is 105 Å². The molecule has 0 saturated heterocycles. The summed E-state index contributed by atoms with van der Waals surface area (Å²) < 4.78 is 9.22. The number of hydrogen-bond acceptors (Lipinski definition) is 4. The zero-order chi connectivity index (χ0) is 40.7. The molecule has 0 N–H and O–H groups in total. The average molecular weight is 755 g/mol. The molecule has 5 nitrogen and oxygen atoms in total. The van der Waals surface area contributed by atoms with E-state index >= 15 is 0 Å². The SMILES string of the molecule is CC(C)(C)c1cccc(N2CN(c3cc(Oc4ccc5c6ccccc6n(-c6cc(C(C)(C)C)ccn6)c5c4)cc(C(C)(C)C)c3)c3cc(C(C)(C)C)ccc32)c1. The number of hydrogen-bond donors (Lipinski definition) is 0. The van der Waals surface area contributed by atoms with Gasteiger partial charge >= 0.3 is 0 Å². The maximum Gasteiger partial charge on any atom is 0.137 e. The summed E-state index contributed by atoms with van der Waals surface area (Å²) in [5.74, 6) is 2.50. The Morgan fingerprint density at radius 2 is 1.09 bits per heavy atom. The zero-order valence-corrected chi connectivity index (χ0v) is 36.0. The summed E-state index contributed by atoms with van der Waals surface area (Å²) in [7, 11) is 0. The molecule has 5 aromatic carbocycles. The Hall–Kier alpha value is -5.55. The van der Waals surface area contributed by atoms with Crippen LogP contribution in [0.2, 0.25) is 0 Å². The highest BCUT2D eigenvalue weighted by atomic mass is 16.5. The van der Waals surface area contributed by atoms with Crippen LogP contribution in [0.5, 0.6) is 11.5 Å². The molecule has 0 saturated carbocycles. The first-order valence-electron chi connectivity index (χ1n) is 20.4. The van der Waals surface area contributed by atoms with Gasteiger partial charge in [-0.2, -0.15) is 0 Å². The number of nitrogens with zero attached hydrogens (tertiary/aromatic N) is 4. The standard InChI is InChI=1S/C52H58N4O/c1-49(2,3)34-16-15-17-38(26-34)54-33-55(47-29-35(50(4,5)6)20-23-45(47)54)39-27-37(52(10,11)12)28-41(31-39)57-40-21-22-43-42-18-13-14-19-44(42)56(46(43)32-40)48-30-36(24-25-53-48)51(7,8)9/h13-32H,33H2,1-12H3. The van der Waals surface area contributed by atoms with Gasteiger partial charge in [0.25, 0.3) is 0 Å². The second kappa shape index (κ2) is 13.5. The lowest BCUT2D eigenvalue weighted by molar-refractivity contribution is 0.479. The van der Waals surface area contributed by atoms with Crippen LogP contribution in [0.4, 0.5) is 22.7 Å². The Kier molecular flexibility index (Phi) is 9.11. The van der Waals surface area contributed by atoms with E-state index in [-0.39, 0.29) is 21.7 Å². The van der Waals surface area contributed by atoms with Crippen molar-refractivity contribution >= 4 is 44.6 Å². The van der Waals surface area contributed by atoms with E-state index in [0.29, 0.717) is 6.67 Å². The number of anilines is 4. The van der Waals surface area contributed by atoms with Crippen molar-refractivity contribution in [1.82, 2.24) is 9.55 Å². The lowest BCUT2D eigenvalue weighted by atomic mass is 9.86. The van der Waals surface area contributed by atoms with Crippen molar-refractivity contribution in [1.29, 1.82) is 0 Å². The van der Waals surface area contributed by atoms with Gasteiger partial charge in [0.1, 0.15) is 24.0 Å². The molecule has 0 bridgehead atoms. The quantitative estimate of drug-likeness (QED) is 0.175. The molecule has 1 aliphatic heterocycles. The molecule has 2 aromatic heterocycles. The van der Waals surface area contributed by atoms with Gasteiger partial charge in [-0.15, -0.1) is 0 Å². The van der Waals surface area contributed by atoms with Gasteiger partial charge in [-0.1, -0.05) is 119 Å². The largest absolute Gasteiger partial charge is 0.457 e. The summed E-state index contributed by atoms with van der Waals surface area (Å²) in [6, 6.07) is 42.2. The molecule has 1 aliphatic rings. The first-order valence-corrected chi connectivity index (χ1v) is 20.4. The highest BCUT2D eigenvalue weighted by Crippen LogP contribution is 2.48. The number of rotatable bonds is 5. The van der Waals surface area contributed by atoms with E-state index in [1.165, 1.54) is 50.1 Å². The molecular weight excluding hydrogens is 697 g/mol. The van der Waals surface area contributed by atoms with E-state index in [1.54, 1.807) is 0 Å². The molecule has 7 aromatic rings. The Bertz CT molecular complexity index is 2640. The number of benzene rings is 5. The Morgan fingerprint density at radius 3 is 1.81 bits per heavy atom. The van der Waals surface area contributed by atoms with Gasteiger partial charge in [0.2, 0.25) is 0 Å². The van der Waals surface area contributed by atoms with Gasteiger partial charge in [-0.25, -0.2) is 4.98 Å². The Morgan fingerprint density at radius 1 is 0.456 bits per heavy atom. The molecule has 0 radical (unpaired) electrons. The molecule has 0 fully saturated rings. The fraction of sp³-hybridized carbons (Fsp3) is 0.327. The van der Waals surface area contributed by atoms with E-state index in [2.05, 4.69) is 213 Å². The third-order valence-corrected chi connectivity index (χ3v) is 11.5. The molecule has 0 amide bonds. The number of ether oxygens (including phenoxy) is 1. The van der Waals surface area contributed by atoms with Crippen LogP contribution in [0, 0.1) is 0 Å². The predicted molar refractivity (Wildman–Crippen MR) is 242 cm³/mol. The Labute approximate surface area is 339 Å². The van der Waals surface area contributed by atoms with Crippen molar-refractivity contribution in [3.8, 4) is 17.3 Å². The number of fused-ring (bicyclic) bond motifs is 4. The lowest BCUT2D eigenvalue weighted by Gasteiger charge is -2.27. The third kappa shape index (κ3) is 7.29. The van der Waals surface area contributed by atoms with E-state index < -0.39 is 0 Å². The van der Waals surface area contributed by atoms with E-state index in [9.17, 15) is 0 Å². The molecule has 3 heterocycles. The highest BCUT2D eigenvalue weighted by Gasteiger charge is 2.32. The van der Waals surface area contributed by atoms with Crippen LogP contribution in [-0.2, 0) is 21.7 Å². The molecule has 0 atom stereocenters. The zero-order valence-electron chi connectivity index (χ0n) is 36.0. The number of pyridine rings is 1. The van der Waals surface area contributed by atoms with Crippen LogP contribution in [0.15, 0.2) is 121 Å². The monoisotopic (exact) mass is 754 g/mol. The predicted octanol–water partition coefficient (Wildman–Crippen LogP) is 14.4. The van der Waals surface area contributed by atoms with Gasteiger partial charge in [0, 0.05) is 40.5 Å². The fourth-order valence-corrected chi connectivity index (χ4v) is 7.95. The van der Waals surface area contributed by atoms with Gasteiger partial charge in [-0.05, 0) is 111 Å². The average Bonchev–Trinajstić information content (AvgIpc) is 3.69. The van der Waals surface area contributed by atoms with Gasteiger partial charge < -0.3 is 14.5 Å². The molecule has 8 rings (SSSR count). The summed E-state index contributed by atoms with van der Waals surface area (Å²) in [6.45, 7) is 28.0. The molecule has 5 heteroatoms. The van der Waals surface area contributed by atoms with Crippen molar-refractivity contribution in [2.75, 3.05) is 16.5 Å². The highest BCUT2D eigenvalue weighted by molar-refractivity contribution is 6.09. The normalized spacial score (nSPS) is 13.8. The van der Waals surface area contributed by atoms with Crippen LogP contribution < -0.4 is 14.5 Å². The Balaban J connectivity index is 1.24. The van der Waals surface area contributed by atoms with Crippen molar-refractivity contribution in [2.24, 2.45) is 0 Å². The number of para-hydroxylation sites is 1. The van der Waals surface area contributed by atoms with Crippen LogP contribution in [0.3, 0.4) is 0 Å². The first-order chi connectivity index (χ1) is 26.8. The van der Waals surface area contributed by atoms with Gasteiger partial charge in [0.15, 0.2) is 0 Å². The minimum absolute atomic E-state index is 0.00182. The first kappa shape index (κ1) is 38.3. The van der Waals surface area contributed by atoms with Crippen LogP contribution >= 0.6 is 0 Å². The smallest absolute Gasteiger partial charge is 0.137 e. The molecule has 0 spiro atoms. The molecule has 0 aliphatic carbocycles. The summed E-state index contributed by atoms with van der Waals surface area (Å²) in [5, 5.41) is 2.36. The maximum absolute atomic E-state index is 6.94. The maximum atomic E-state index is 6.94. The molecule has 292 valence electrons. The topological polar surface area (TPSA) is 33.5 Å². The van der Waals surface area contributed by atoms with E-state index in [4.69, 9.17) is 9.72 Å². The van der Waals surface area contributed by atoms with Crippen molar-refractivity contribution in [3.63, 3.8) is 0 Å². The van der Waals surface area contributed by atoms with Crippen LogP contribution in [0.25, 0.3) is 27.6 Å². The second-order valence-corrected chi connectivity index (χ2v) is 20.0. The molecule has 0 unspecified atom stereocenters. The van der Waals surface area contributed by atoms with Crippen molar-refractivity contribution < 1.29 is 4.74 Å².